The first-order chi connectivity index (χ1) is 7.52. The van der Waals surface area contributed by atoms with Gasteiger partial charge in [0.05, 0.1) is 19.6 Å². The lowest BCUT2D eigenvalue weighted by Gasteiger charge is -2.23. The van der Waals surface area contributed by atoms with Crippen LogP contribution in [0.5, 0.6) is 0 Å². The summed E-state index contributed by atoms with van der Waals surface area (Å²) < 4.78 is 9.76. The maximum absolute atomic E-state index is 11.3. The highest BCUT2D eigenvalue weighted by atomic mass is 16.6. The zero-order valence-electron chi connectivity index (χ0n) is 10.5. The molecule has 0 aliphatic carbocycles. The van der Waals surface area contributed by atoms with Crippen LogP contribution in [0.4, 0.5) is 4.79 Å². The van der Waals surface area contributed by atoms with E-state index in [0.717, 1.165) is 6.42 Å². The molecule has 1 amide bonds. The van der Waals surface area contributed by atoms with Crippen molar-refractivity contribution in [1.29, 1.82) is 0 Å². The third-order valence-electron chi connectivity index (χ3n) is 2.15. The van der Waals surface area contributed by atoms with Gasteiger partial charge in [-0.25, -0.2) is 4.79 Å². The molecular formula is C11H21NO4. The second kappa shape index (κ2) is 7.96. The van der Waals surface area contributed by atoms with Crippen LogP contribution in [0.15, 0.2) is 0 Å². The lowest BCUT2D eigenvalue weighted by molar-refractivity contribution is -0.144. The molecule has 1 atom stereocenters. The molecule has 0 heterocycles. The van der Waals surface area contributed by atoms with Crippen molar-refractivity contribution in [2.75, 3.05) is 20.3 Å². The number of amides is 1. The highest BCUT2D eigenvalue weighted by Gasteiger charge is 2.19. The van der Waals surface area contributed by atoms with Crippen LogP contribution in [-0.4, -0.2) is 43.3 Å². The van der Waals surface area contributed by atoms with Gasteiger partial charge in [-0.3, -0.25) is 4.79 Å². The van der Waals surface area contributed by atoms with Gasteiger partial charge in [0.2, 0.25) is 0 Å². The van der Waals surface area contributed by atoms with Crippen molar-refractivity contribution in [1.82, 2.24) is 4.90 Å². The summed E-state index contributed by atoms with van der Waals surface area (Å²) in [6.07, 6.45) is 0.571. The third-order valence-corrected chi connectivity index (χ3v) is 2.15. The number of rotatable bonds is 6. The van der Waals surface area contributed by atoms with E-state index in [2.05, 4.69) is 0 Å². The summed E-state index contributed by atoms with van der Waals surface area (Å²) in [6.45, 7) is 6.21. The quantitative estimate of drug-likeness (QED) is 0.654. The second-order valence-electron chi connectivity index (χ2n) is 3.58. The largest absolute Gasteiger partial charge is 0.466 e. The van der Waals surface area contributed by atoms with E-state index in [9.17, 15) is 9.59 Å². The van der Waals surface area contributed by atoms with Gasteiger partial charge in [0.25, 0.3) is 0 Å². The smallest absolute Gasteiger partial charge is 0.409 e. The van der Waals surface area contributed by atoms with Gasteiger partial charge >= 0.3 is 12.1 Å². The standard InChI is InChI=1S/C11H21NO4/c1-5-7-16-10(13)8-9(3)12(4)11(14)15-6-2/h9H,5-8H2,1-4H3. The maximum atomic E-state index is 11.3. The van der Waals surface area contributed by atoms with Crippen LogP contribution in [0.25, 0.3) is 0 Å². The average molecular weight is 231 g/mol. The molecule has 16 heavy (non-hydrogen) atoms. The van der Waals surface area contributed by atoms with E-state index < -0.39 is 6.09 Å². The summed E-state index contributed by atoms with van der Waals surface area (Å²) in [6, 6.07) is -0.219. The first kappa shape index (κ1) is 14.7. The Morgan fingerprint density at radius 3 is 2.38 bits per heavy atom. The molecular weight excluding hydrogens is 210 g/mol. The molecule has 0 aromatic heterocycles. The van der Waals surface area contributed by atoms with Crippen LogP contribution in [-0.2, 0) is 14.3 Å². The van der Waals surface area contributed by atoms with Gasteiger partial charge in [-0.2, -0.15) is 0 Å². The van der Waals surface area contributed by atoms with Crippen LogP contribution in [0.3, 0.4) is 0 Å². The molecule has 0 spiro atoms. The number of carbonyl (C=O) groups excluding carboxylic acids is 2. The summed E-state index contributed by atoms with van der Waals surface area (Å²) in [4.78, 5) is 24.0. The van der Waals surface area contributed by atoms with Crippen molar-refractivity contribution in [2.45, 2.75) is 39.7 Å². The molecule has 0 aliphatic rings. The lowest BCUT2D eigenvalue weighted by atomic mass is 10.2. The van der Waals surface area contributed by atoms with E-state index in [4.69, 9.17) is 9.47 Å². The number of carbonyl (C=O) groups is 2. The molecule has 0 aliphatic heterocycles. The molecule has 5 heteroatoms. The Kier molecular flexibility index (Phi) is 7.33. The maximum Gasteiger partial charge on any atom is 0.409 e. The predicted octanol–water partition coefficient (Wildman–Crippen LogP) is 1.81. The third kappa shape index (κ3) is 5.58. The summed E-state index contributed by atoms with van der Waals surface area (Å²) in [7, 11) is 1.61. The summed E-state index contributed by atoms with van der Waals surface area (Å²) in [5.41, 5.74) is 0. The Morgan fingerprint density at radius 1 is 1.25 bits per heavy atom. The number of nitrogens with zero attached hydrogens (tertiary/aromatic N) is 1. The normalized spacial score (nSPS) is 11.8. The van der Waals surface area contributed by atoms with Gasteiger partial charge in [0, 0.05) is 13.1 Å². The molecule has 0 N–H and O–H groups in total. The first-order valence-corrected chi connectivity index (χ1v) is 5.58. The summed E-state index contributed by atoms with van der Waals surface area (Å²) in [5.74, 6) is -0.287. The molecule has 0 bridgehead atoms. The summed E-state index contributed by atoms with van der Waals surface area (Å²) >= 11 is 0. The van der Waals surface area contributed by atoms with Gasteiger partial charge in [0.1, 0.15) is 0 Å². The van der Waals surface area contributed by atoms with Crippen molar-refractivity contribution in [3.63, 3.8) is 0 Å². The number of hydrogen-bond donors (Lipinski definition) is 0. The molecule has 0 saturated heterocycles. The van der Waals surface area contributed by atoms with Crippen molar-refractivity contribution in [2.24, 2.45) is 0 Å². The summed E-state index contributed by atoms with van der Waals surface area (Å²) in [5, 5.41) is 0. The minimum absolute atomic E-state index is 0.190. The lowest BCUT2D eigenvalue weighted by Crippen LogP contribution is -2.37. The van der Waals surface area contributed by atoms with Gasteiger partial charge in [-0.05, 0) is 20.3 Å². The molecule has 1 unspecified atom stereocenters. The highest BCUT2D eigenvalue weighted by Crippen LogP contribution is 2.05. The molecule has 0 fully saturated rings. The van der Waals surface area contributed by atoms with Gasteiger partial charge < -0.3 is 14.4 Å². The zero-order chi connectivity index (χ0) is 12.6. The minimum Gasteiger partial charge on any atom is -0.466 e. The number of ether oxygens (including phenoxy) is 2. The highest BCUT2D eigenvalue weighted by molar-refractivity contribution is 5.72. The van der Waals surface area contributed by atoms with E-state index in [1.54, 1.807) is 20.9 Å². The second-order valence-corrected chi connectivity index (χ2v) is 3.58. The minimum atomic E-state index is -0.418. The Morgan fingerprint density at radius 2 is 1.88 bits per heavy atom. The Hall–Kier alpha value is -1.26. The van der Waals surface area contributed by atoms with Crippen LogP contribution in [0.2, 0.25) is 0 Å². The van der Waals surface area contributed by atoms with E-state index in [-0.39, 0.29) is 18.4 Å². The Balaban J connectivity index is 3.99. The predicted molar refractivity (Wildman–Crippen MR) is 60.1 cm³/mol. The average Bonchev–Trinajstić information content (AvgIpc) is 2.25. The fourth-order valence-electron chi connectivity index (χ4n) is 1.06. The van der Waals surface area contributed by atoms with E-state index in [0.29, 0.717) is 13.2 Å². The molecule has 0 radical (unpaired) electrons. The monoisotopic (exact) mass is 231 g/mol. The van der Waals surface area contributed by atoms with Crippen molar-refractivity contribution in [3.05, 3.63) is 0 Å². The van der Waals surface area contributed by atoms with Crippen molar-refractivity contribution >= 4 is 12.1 Å². The van der Waals surface area contributed by atoms with Crippen molar-refractivity contribution < 1.29 is 19.1 Å². The van der Waals surface area contributed by atoms with Gasteiger partial charge in [-0.15, -0.1) is 0 Å². The number of esters is 1. The molecule has 0 saturated carbocycles. The molecule has 5 nitrogen and oxygen atoms in total. The topological polar surface area (TPSA) is 55.8 Å². The first-order valence-electron chi connectivity index (χ1n) is 5.58. The fourth-order valence-corrected chi connectivity index (χ4v) is 1.06. The Labute approximate surface area is 96.7 Å². The van der Waals surface area contributed by atoms with Gasteiger partial charge in [0.15, 0.2) is 0 Å². The van der Waals surface area contributed by atoms with Gasteiger partial charge in [-0.1, -0.05) is 6.92 Å². The van der Waals surface area contributed by atoms with Crippen LogP contribution in [0, 0.1) is 0 Å². The van der Waals surface area contributed by atoms with Crippen molar-refractivity contribution in [3.8, 4) is 0 Å². The van der Waals surface area contributed by atoms with E-state index in [1.165, 1.54) is 4.90 Å². The SMILES string of the molecule is CCCOC(=O)CC(C)N(C)C(=O)OCC. The molecule has 0 aromatic rings. The van der Waals surface area contributed by atoms with E-state index in [1.807, 2.05) is 6.92 Å². The Bertz CT molecular complexity index is 230. The fraction of sp³-hybridized carbons (Fsp3) is 0.818. The van der Waals surface area contributed by atoms with E-state index >= 15 is 0 Å². The zero-order valence-corrected chi connectivity index (χ0v) is 10.5. The van der Waals surface area contributed by atoms with Crippen LogP contribution >= 0.6 is 0 Å². The number of hydrogen-bond acceptors (Lipinski definition) is 4. The molecule has 0 rings (SSSR count). The van der Waals surface area contributed by atoms with Crippen LogP contribution in [0.1, 0.15) is 33.6 Å². The molecule has 0 aromatic carbocycles. The van der Waals surface area contributed by atoms with Crippen LogP contribution < -0.4 is 0 Å². The molecule has 94 valence electrons.